The average molecular weight is 310 g/mol. The minimum atomic E-state index is 0.0209. The van der Waals surface area contributed by atoms with Gasteiger partial charge in [-0.25, -0.2) is 4.98 Å². The molecule has 4 nitrogen and oxygen atoms in total. The van der Waals surface area contributed by atoms with Crippen LogP contribution < -0.4 is 4.74 Å². The maximum atomic E-state index is 6.22. The van der Waals surface area contributed by atoms with Crippen molar-refractivity contribution in [2.45, 2.75) is 26.6 Å². The van der Waals surface area contributed by atoms with E-state index in [1.807, 2.05) is 38.1 Å². The third-order valence-electron chi connectivity index (χ3n) is 3.13. The van der Waals surface area contributed by atoms with Crippen molar-refractivity contribution in [1.29, 1.82) is 0 Å². The number of nitrogens with zero attached hydrogens (tertiary/aromatic N) is 1. The molecule has 0 saturated heterocycles. The Balaban J connectivity index is 2.11. The molecule has 1 atom stereocenters. The van der Waals surface area contributed by atoms with Crippen LogP contribution >= 0.6 is 11.6 Å². The van der Waals surface area contributed by atoms with Crippen molar-refractivity contribution in [2.75, 3.05) is 20.3 Å². The number of ether oxygens (including phenoxy) is 3. The van der Waals surface area contributed by atoms with Gasteiger partial charge in [0.25, 0.3) is 0 Å². The molecule has 21 heavy (non-hydrogen) atoms. The van der Waals surface area contributed by atoms with E-state index in [2.05, 4.69) is 4.98 Å². The number of aromatic nitrogens is 1. The van der Waals surface area contributed by atoms with Gasteiger partial charge in [-0.1, -0.05) is 11.6 Å². The fourth-order valence-corrected chi connectivity index (χ4v) is 2.16. The summed E-state index contributed by atoms with van der Waals surface area (Å²) in [6.07, 6.45) is 0.0209. The van der Waals surface area contributed by atoms with Gasteiger partial charge in [0.15, 0.2) is 0 Å². The van der Waals surface area contributed by atoms with Crippen LogP contribution in [0.2, 0.25) is 5.15 Å². The van der Waals surface area contributed by atoms with Gasteiger partial charge < -0.3 is 14.2 Å². The van der Waals surface area contributed by atoms with Crippen LogP contribution in [-0.2, 0) is 16.1 Å². The van der Waals surface area contributed by atoms with E-state index in [-0.39, 0.29) is 6.10 Å². The van der Waals surface area contributed by atoms with Gasteiger partial charge in [-0.15, -0.1) is 0 Å². The molecule has 0 aliphatic rings. The van der Waals surface area contributed by atoms with Crippen LogP contribution in [0.3, 0.4) is 0 Å². The van der Waals surface area contributed by atoms with E-state index in [9.17, 15) is 0 Å². The lowest BCUT2D eigenvalue weighted by Crippen LogP contribution is -2.16. The van der Waals surface area contributed by atoms with Gasteiger partial charge in [0.1, 0.15) is 10.9 Å². The summed E-state index contributed by atoms with van der Waals surface area (Å²) in [4.78, 5) is 4.40. The zero-order valence-electron chi connectivity index (χ0n) is 12.6. The predicted octanol–water partition coefficient (Wildman–Crippen LogP) is 3.84. The fourth-order valence-electron chi connectivity index (χ4n) is 1.96. The second kappa shape index (κ2) is 7.59. The second-order valence-corrected chi connectivity index (χ2v) is 5.14. The highest BCUT2D eigenvalue weighted by atomic mass is 35.5. The molecule has 0 aliphatic heterocycles. The van der Waals surface area contributed by atoms with Gasteiger partial charge in [0.2, 0.25) is 0 Å². The highest BCUT2D eigenvalue weighted by Crippen LogP contribution is 2.24. The van der Waals surface area contributed by atoms with Gasteiger partial charge in [-0.05, 0) is 32.0 Å². The smallest absolute Gasteiger partial charge is 0.135 e. The molecule has 0 amide bonds. The van der Waals surface area contributed by atoms with E-state index in [1.165, 1.54) is 0 Å². The Morgan fingerprint density at radius 2 is 2.10 bits per heavy atom. The van der Waals surface area contributed by atoms with E-state index < -0.39 is 0 Å². The van der Waals surface area contributed by atoms with Crippen LogP contribution in [0.1, 0.15) is 19.4 Å². The van der Waals surface area contributed by atoms with Gasteiger partial charge >= 0.3 is 0 Å². The van der Waals surface area contributed by atoms with Crippen LogP contribution in [0, 0.1) is 0 Å². The number of pyridine rings is 1. The van der Waals surface area contributed by atoms with Crippen LogP contribution in [0.4, 0.5) is 0 Å². The minimum Gasteiger partial charge on any atom is -0.497 e. The summed E-state index contributed by atoms with van der Waals surface area (Å²) in [5.74, 6) is 0.764. The zero-order chi connectivity index (χ0) is 15.2. The van der Waals surface area contributed by atoms with Crippen LogP contribution in [0.25, 0.3) is 10.9 Å². The Labute approximate surface area is 130 Å². The Hall–Kier alpha value is -1.36. The minimum absolute atomic E-state index is 0.0209. The van der Waals surface area contributed by atoms with Crippen molar-refractivity contribution in [3.63, 3.8) is 0 Å². The van der Waals surface area contributed by atoms with Crippen molar-refractivity contribution in [2.24, 2.45) is 0 Å². The standard InChI is InChI=1S/C16H20ClNO3/c1-4-20-9-11(2)21-10-13-7-12-5-6-14(19-3)8-15(12)18-16(13)17/h5-8,11H,4,9-10H2,1-3H3. The Bertz CT molecular complexity index is 603. The molecule has 0 fully saturated rings. The second-order valence-electron chi connectivity index (χ2n) is 4.78. The summed E-state index contributed by atoms with van der Waals surface area (Å²) in [7, 11) is 1.63. The maximum Gasteiger partial charge on any atom is 0.135 e. The molecule has 1 aromatic carbocycles. The molecule has 2 rings (SSSR count). The predicted molar refractivity (Wildman–Crippen MR) is 84.0 cm³/mol. The number of hydrogen-bond donors (Lipinski definition) is 0. The summed E-state index contributed by atoms with van der Waals surface area (Å²) in [5, 5.41) is 1.47. The fraction of sp³-hybridized carbons (Fsp3) is 0.438. The van der Waals surface area contributed by atoms with Crippen molar-refractivity contribution in [3.05, 3.63) is 35.0 Å². The first-order chi connectivity index (χ1) is 10.1. The maximum absolute atomic E-state index is 6.22. The lowest BCUT2D eigenvalue weighted by molar-refractivity contribution is -0.0116. The molecule has 1 aromatic heterocycles. The van der Waals surface area contributed by atoms with E-state index in [0.29, 0.717) is 25.0 Å². The van der Waals surface area contributed by atoms with Gasteiger partial charge in [0, 0.05) is 23.6 Å². The van der Waals surface area contributed by atoms with Gasteiger partial charge in [-0.2, -0.15) is 0 Å². The molecular weight excluding hydrogens is 290 g/mol. The van der Waals surface area contributed by atoms with Crippen molar-refractivity contribution >= 4 is 22.5 Å². The first-order valence-electron chi connectivity index (χ1n) is 6.96. The summed E-state index contributed by atoms with van der Waals surface area (Å²) in [5.41, 5.74) is 1.68. The largest absolute Gasteiger partial charge is 0.497 e. The molecule has 114 valence electrons. The third kappa shape index (κ3) is 4.30. The molecule has 0 bridgehead atoms. The lowest BCUT2D eigenvalue weighted by Gasteiger charge is -2.14. The Kier molecular flexibility index (Phi) is 5.79. The molecule has 0 N–H and O–H groups in total. The Morgan fingerprint density at radius 3 is 2.81 bits per heavy atom. The summed E-state index contributed by atoms with van der Waals surface area (Å²) in [6, 6.07) is 7.73. The molecular formula is C16H20ClNO3. The first kappa shape index (κ1) is 16.0. The summed E-state index contributed by atoms with van der Waals surface area (Å²) >= 11 is 6.22. The monoisotopic (exact) mass is 309 g/mol. The van der Waals surface area contributed by atoms with Crippen molar-refractivity contribution < 1.29 is 14.2 Å². The van der Waals surface area contributed by atoms with Gasteiger partial charge in [-0.3, -0.25) is 0 Å². The zero-order valence-corrected chi connectivity index (χ0v) is 13.3. The van der Waals surface area contributed by atoms with E-state index in [4.69, 9.17) is 25.8 Å². The van der Waals surface area contributed by atoms with E-state index in [1.54, 1.807) is 7.11 Å². The molecule has 0 aliphatic carbocycles. The van der Waals surface area contributed by atoms with Gasteiger partial charge in [0.05, 0.1) is 31.9 Å². The first-order valence-corrected chi connectivity index (χ1v) is 7.34. The van der Waals surface area contributed by atoms with Crippen LogP contribution in [0.5, 0.6) is 5.75 Å². The Morgan fingerprint density at radius 1 is 1.29 bits per heavy atom. The summed E-state index contributed by atoms with van der Waals surface area (Å²) < 4.78 is 16.2. The van der Waals surface area contributed by atoms with Crippen molar-refractivity contribution in [1.82, 2.24) is 4.98 Å². The average Bonchev–Trinajstić information content (AvgIpc) is 2.50. The number of methoxy groups -OCH3 is 1. The topological polar surface area (TPSA) is 40.6 Å². The number of halogens is 1. The molecule has 2 aromatic rings. The molecule has 0 spiro atoms. The third-order valence-corrected chi connectivity index (χ3v) is 3.46. The molecule has 1 unspecified atom stereocenters. The quantitative estimate of drug-likeness (QED) is 0.729. The normalized spacial score (nSPS) is 12.6. The van der Waals surface area contributed by atoms with Crippen LogP contribution in [0.15, 0.2) is 24.3 Å². The molecule has 5 heteroatoms. The number of fused-ring (bicyclic) bond motifs is 1. The number of rotatable bonds is 7. The van der Waals surface area contributed by atoms with Crippen molar-refractivity contribution in [3.8, 4) is 5.75 Å². The molecule has 0 saturated carbocycles. The highest BCUT2D eigenvalue weighted by Gasteiger charge is 2.09. The molecule has 1 heterocycles. The summed E-state index contributed by atoms with van der Waals surface area (Å²) in [6.45, 7) is 5.62. The lowest BCUT2D eigenvalue weighted by atomic mass is 10.1. The number of benzene rings is 1. The SMILES string of the molecule is CCOCC(C)OCc1cc2ccc(OC)cc2nc1Cl. The van der Waals surface area contributed by atoms with E-state index >= 15 is 0 Å². The highest BCUT2D eigenvalue weighted by molar-refractivity contribution is 6.30. The van der Waals surface area contributed by atoms with Crippen LogP contribution in [-0.4, -0.2) is 31.4 Å². The molecule has 0 radical (unpaired) electrons. The number of hydrogen-bond acceptors (Lipinski definition) is 4. The van der Waals surface area contributed by atoms with E-state index in [0.717, 1.165) is 22.2 Å².